The normalized spacial score (nSPS) is 7.88. The van der Waals surface area contributed by atoms with Crippen molar-refractivity contribution in [3.63, 3.8) is 0 Å². The largest absolute Gasteiger partial charge is 0.692 e. The maximum Gasteiger partial charge on any atom is 0.692 e. The van der Waals surface area contributed by atoms with Crippen LogP contribution in [0.3, 0.4) is 0 Å². The standard InChI is InChI=1S/C3H6O.HO3P/c1-2-3-4;1-4(2)3/h2-4H,1H3;(H-,1,2,3)/p+1. The summed E-state index contributed by atoms with van der Waals surface area (Å²) in [5.41, 5.74) is 0. The van der Waals surface area contributed by atoms with Gasteiger partial charge in [-0.15, -0.1) is 9.79 Å². The molecule has 0 saturated carbocycles. The Balaban J connectivity index is 0. The summed E-state index contributed by atoms with van der Waals surface area (Å²) in [5.74, 6) is 0. The zero-order valence-electron chi connectivity index (χ0n) is 4.35. The van der Waals surface area contributed by atoms with Crippen LogP contribution < -0.4 is 0 Å². The van der Waals surface area contributed by atoms with Crippen LogP contribution in [0.5, 0.6) is 0 Å². The van der Waals surface area contributed by atoms with E-state index in [0.29, 0.717) is 0 Å². The van der Waals surface area contributed by atoms with E-state index < -0.39 is 8.25 Å². The number of hydrogen-bond donors (Lipinski definition) is 3. The van der Waals surface area contributed by atoms with Gasteiger partial charge >= 0.3 is 8.25 Å². The van der Waals surface area contributed by atoms with Gasteiger partial charge in [-0.25, -0.2) is 0 Å². The van der Waals surface area contributed by atoms with E-state index in [2.05, 4.69) is 0 Å². The molecule has 0 aliphatic heterocycles. The molecule has 48 valence electrons. The fourth-order valence-corrected chi connectivity index (χ4v) is 0. The maximum atomic E-state index is 8.70. The van der Waals surface area contributed by atoms with Crippen molar-refractivity contribution in [3.05, 3.63) is 12.3 Å². The molecule has 0 bridgehead atoms. The van der Waals surface area contributed by atoms with E-state index in [-0.39, 0.29) is 0 Å². The van der Waals surface area contributed by atoms with Crippen molar-refractivity contribution in [2.24, 2.45) is 0 Å². The van der Waals surface area contributed by atoms with Crippen LogP contribution in [-0.4, -0.2) is 14.9 Å². The lowest BCUT2D eigenvalue weighted by Crippen LogP contribution is -1.38. The van der Waals surface area contributed by atoms with Gasteiger partial charge in [0.15, 0.2) is 0 Å². The topological polar surface area (TPSA) is 77.8 Å². The highest BCUT2D eigenvalue weighted by molar-refractivity contribution is 7.30. The molecule has 4 nitrogen and oxygen atoms in total. The Hall–Kier alpha value is -0.440. The van der Waals surface area contributed by atoms with Crippen LogP contribution in [0.25, 0.3) is 0 Å². The molecule has 0 aromatic carbocycles. The quantitative estimate of drug-likeness (QED) is 0.341. The van der Waals surface area contributed by atoms with Gasteiger partial charge in [0.05, 0.1) is 6.26 Å². The Labute approximate surface area is 48.0 Å². The highest BCUT2D eigenvalue weighted by Crippen LogP contribution is 1.98. The monoisotopic (exact) mass is 139 g/mol. The van der Waals surface area contributed by atoms with Gasteiger partial charge in [0.1, 0.15) is 0 Å². The van der Waals surface area contributed by atoms with E-state index in [0.717, 1.165) is 6.26 Å². The van der Waals surface area contributed by atoms with Crippen LogP contribution in [0, 0.1) is 0 Å². The fourth-order valence-electron chi connectivity index (χ4n) is 0. The van der Waals surface area contributed by atoms with Gasteiger partial charge in [-0.1, -0.05) is 6.08 Å². The summed E-state index contributed by atoms with van der Waals surface area (Å²) in [5, 5.41) is 7.69. The first-order valence-electron chi connectivity index (χ1n) is 1.75. The predicted molar refractivity (Wildman–Crippen MR) is 29.5 cm³/mol. The first-order valence-corrected chi connectivity index (χ1v) is 2.92. The van der Waals surface area contributed by atoms with Crippen LogP contribution in [0.1, 0.15) is 6.92 Å². The van der Waals surface area contributed by atoms with Gasteiger partial charge < -0.3 is 5.11 Å². The summed E-state index contributed by atoms with van der Waals surface area (Å²) < 4.78 is 8.70. The number of hydrogen-bond acceptors (Lipinski definition) is 2. The summed E-state index contributed by atoms with van der Waals surface area (Å²) in [7, 11) is -2.87. The van der Waals surface area contributed by atoms with Gasteiger partial charge in [0.25, 0.3) is 0 Å². The molecule has 0 aromatic rings. The van der Waals surface area contributed by atoms with E-state index in [1.54, 1.807) is 13.0 Å². The van der Waals surface area contributed by atoms with Gasteiger partial charge in [0.2, 0.25) is 0 Å². The van der Waals surface area contributed by atoms with Crippen molar-refractivity contribution >= 4 is 8.25 Å². The number of allylic oxidation sites excluding steroid dienone is 1. The van der Waals surface area contributed by atoms with Crippen molar-refractivity contribution in [2.45, 2.75) is 6.92 Å². The van der Waals surface area contributed by atoms with Gasteiger partial charge in [-0.2, -0.15) is 0 Å². The third kappa shape index (κ3) is 369. The van der Waals surface area contributed by atoms with E-state index in [1.807, 2.05) is 0 Å². The molecule has 3 N–H and O–H groups in total. The second kappa shape index (κ2) is 9.75. The van der Waals surface area contributed by atoms with Crippen LogP contribution in [0.15, 0.2) is 12.3 Å². The highest BCUT2D eigenvalue weighted by Gasteiger charge is 1.93. The molecule has 0 rings (SSSR count). The molecule has 0 fully saturated rings. The van der Waals surface area contributed by atoms with Crippen molar-refractivity contribution in [1.29, 1.82) is 0 Å². The molecule has 0 aliphatic carbocycles. The second-order valence-electron chi connectivity index (χ2n) is 0.735. The molecule has 0 spiro atoms. The second-order valence-corrected chi connectivity index (χ2v) is 1.24. The summed E-state index contributed by atoms with van der Waals surface area (Å²) in [6, 6.07) is 0. The molecule has 0 radical (unpaired) electrons. The smallest absolute Gasteiger partial charge is 0.516 e. The Morgan fingerprint density at radius 1 is 1.50 bits per heavy atom. The van der Waals surface area contributed by atoms with Crippen molar-refractivity contribution in [2.75, 3.05) is 0 Å². The minimum absolute atomic E-state index is 1.00. The van der Waals surface area contributed by atoms with E-state index in [1.165, 1.54) is 0 Å². The molecule has 0 amide bonds. The number of rotatable bonds is 0. The predicted octanol–water partition coefficient (Wildman–Crippen LogP) is 0.706. The average Bonchev–Trinajstić information content (AvgIpc) is 1.65. The molecular weight excluding hydrogens is 131 g/mol. The van der Waals surface area contributed by atoms with Crippen molar-refractivity contribution in [3.8, 4) is 0 Å². The molecule has 8 heavy (non-hydrogen) atoms. The molecule has 0 aromatic heterocycles. The molecular formula is C3H8O4P+. The summed E-state index contributed by atoms with van der Waals surface area (Å²) >= 11 is 0. The highest BCUT2D eigenvalue weighted by atomic mass is 31.1. The van der Waals surface area contributed by atoms with E-state index >= 15 is 0 Å². The van der Waals surface area contributed by atoms with Gasteiger partial charge in [-0.3, -0.25) is 0 Å². The molecule has 0 heterocycles. The minimum atomic E-state index is -2.87. The Morgan fingerprint density at radius 2 is 1.62 bits per heavy atom. The summed E-state index contributed by atoms with van der Waals surface area (Å²) in [4.78, 5) is 14.2. The number of aliphatic hydroxyl groups is 1. The fraction of sp³-hybridized carbons (Fsp3) is 0.333. The van der Waals surface area contributed by atoms with Crippen LogP contribution in [-0.2, 0) is 4.57 Å². The molecule has 0 unspecified atom stereocenters. The molecule has 5 heteroatoms. The summed E-state index contributed by atoms with van der Waals surface area (Å²) in [6.07, 6.45) is 2.56. The lowest BCUT2D eigenvalue weighted by atomic mass is 10.8. The number of aliphatic hydroxyl groups excluding tert-OH is 1. The SMILES string of the molecule is CC=CO.O=[P+](O)O. The summed E-state index contributed by atoms with van der Waals surface area (Å²) in [6.45, 7) is 1.75. The lowest BCUT2D eigenvalue weighted by Gasteiger charge is -1.53. The minimum Gasteiger partial charge on any atom is -0.516 e. The third-order valence-corrected chi connectivity index (χ3v) is 0.149. The van der Waals surface area contributed by atoms with Crippen LogP contribution >= 0.6 is 8.25 Å². The van der Waals surface area contributed by atoms with Crippen LogP contribution in [0.4, 0.5) is 0 Å². The van der Waals surface area contributed by atoms with E-state index in [4.69, 9.17) is 19.5 Å². The zero-order valence-corrected chi connectivity index (χ0v) is 5.25. The third-order valence-electron chi connectivity index (χ3n) is 0.149. The Bertz CT molecular complexity index is 71.4. The van der Waals surface area contributed by atoms with Crippen LogP contribution in [0.2, 0.25) is 0 Å². The first-order chi connectivity index (χ1) is 3.65. The average molecular weight is 139 g/mol. The van der Waals surface area contributed by atoms with Crippen molar-refractivity contribution in [1.82, 2.24) is 0 Å². The maximum absolute atomic E-state index is 8.70. The van der Waals surface area contributed by atoms with Gasteiger partial charge in [-0.05, 0) is 6.92 Å². The molecule has 0 aliphatic rings. The first kappa shape index (κ1) is 10.5. The van der Waals surface area contributed by atoms with Gasteiger partial charge in [0, 0.05) is 4.57 Å². The Kier molecular flexibility index (Phi) is 12.8. The van der Waals surface area contributed by atoms with E-state index in [9.17, 15) is 0 Å². The lowest BCUT2D eigenvalue weighted by molar-refractivity contribution is 0.405. The molecule has 0 saturated heterocycles. The Morgan fingerprint density at radius 3 is 1.62 bits per heavy atom. The molecule has 0 atom stereocenters. The van der Waals surface area contributed by atoms with Crippen molar-refractivity contribution < 1.29 is 19.5 Å². The zero-order chi connectivity index (χ0) is 6.99.